The molecule has 1 saturated heterocycles. The number of nitrogens with one attached hydrogen (secondary N) is 1. The standard InChI is InChI=1S/C21H24F5N3O2S/c1-2-3-5-8-27-20-19(32-12(28-20)11-29-9-6-4-7-10-29)21(30)31-18-16(25)14(23)13(22)15(24)17(18)26/h27H,2-11H2,1H3. The molecule has 2 aromatic rings. The third-order valence-corrected chi connectivity index (χ3v) is 6.12. The van der Waals surface area contributed by atoms with Crippen molar-refractivity contribution in [2.45, 2.75) is 52.0 Å². The van der Waals surface area contributed by atoms with E-state index in [0.29, 0.717) is 18.1 Å². The van der Waals surface area contributed by atoms with Gasteiger partial charge >= 0.3 is 5.97 Å². The van der Waals surface area contributed by atoms with Crippen molar-refractivity contribution in [1.29, 1.82) is 0 Å². The van der Waals surface area contributed by atoms with Crippen LogP contribution in [0.2, 0.25) is 0 Å². The van der Waals surface area contributed by atoms with Crippen LogP contribution in [0.5, 0.6) is 5.75 Å². The van der Waals surface area contributed by atoms with E-state index in [1.54, 1.807) is 0 Å². The SMILES string of the molecule is CCCCCNc1nc(CN2CCCCC2)sc1C(=O)Oc1c(F)c(F)c(F)c(F)c1F. The Hall–Kier alpha value is -2.27. The van der Waals surface area contributed by atoms with Gasteiger partial charge in [-0.2, -0.15) is 8.78 Å². The van der Waals surface area contributed by atoms with Crippen molar-refractivity contribution < 1.29 is 31.5 Å². The van der Waals surface area contributed by atoms with Crippen molar-refractivity contribution in [2.24, 2.45) is 0 Å². The number of anilines is 1. The highest BCUT2D eigenvalue weighted by Gasteiger charge is 2.30. The van der Waals surface area contributed by atoms with Gasteiger partial charge in [0.1, 0.15) is 5.01 Å². The fourth-order valence-corrected chi connectivity index (χ4v) is 4.35. The summed E-state index contributed by atoms with van der Waals surface area (Å²) in [6, 6.07) is 0. The first-order valence-corrected chi connectivity index (χ1v) is 11.3. The highest BCUT2D eigenvalue weighted by molar-refractivity contribution is 7.14. The van der Waals surface area contributed by atoms with Crippen LogP contribution in [-0.4, -0.2) is 35.5 Å². The molecule has 0 aliphatic carbocycles. The average molecular weight is 477 g/mol. The predicted octanol–water partition coefficient (Wildman–Crippen LogP) is 5.65. The molecule has 0 saturated carbocycles. The second kappa shape index (κ2) is 11.0. The lowest BCUT2D eigenvalue weighted by atomic mass is 10.1. The number of hydrogen-bond acceptors (Lipinski definition) is 6. The molecule has 5 nitrogen and oxygen atoms in total. The zero-order valence-electron chi connectivity index (χ0n) is 17.6. The number of unbranched alkanes of at least 4 members (excludes halogenated alkanes) is 2. The molecule has 0 spiro atoms. The van der Waals surface area contributed by atoms with Crippen LogP contribution in [-0.2, 0) is 6.54 Å². The number of thiazole rings is 1. The highest BCUT2D eigenvalue weighted by Crippen LogP contribution is 2.32. The quantitative estimate of drug-likeness (QED) is 0.126. The summed E-state index contributed by atoms with van der Waals surface area (Å²) in [6.07, 6.45) is 6.00. The normalized spacial score (nSPS) is 14.6. The van der Waals surface area contributed by atoms with E-state index in [2.05, 4.69) is 19.9 Å². The summed E-state index contributed by atoms with van der Waals surface area (Å²) < 4.78 is 72.7. The lowest BCUT2D eigenvalue weighted by molar-refractivity contribution is 0.0722. The van der Waals surface area contributed by atoms with Crippen molar-refractivity contribution >= 4 is 23.1 Å². The molecule has 0 unspecified atom stereocenters. The molecule has 2 heterocycles. The number of piperidine rings is 1. The van der Waals surface area contributed by atoms with E-state index in [0.717, 1.165) is 63.0 Å². The minimum atomic E-state index is -2.32. The first-order chi connectivity index (χ1) is 15.3. The first-order valence-electron chi connectivity index (χ1n) is 10.5. The Morgan fingerprint density at radius 2 is 1.62 bits per heavy atom. The summed E-state index contributed by atoms with van der Waals surface area (Å²) in [6.45, 7) is 4.81. The molecule has 1 N–H and O–H groups in total. The lowest BCUT2D eigenvalue weighted by Crippen LogP contribution is -2.29. The Balaban J connectivity index is 1.84. The maximum absolute atomic E-state index is 13.9. The van der Waals surface area contributed by atoms with Crippen LogP contribution in [0.25, 0.3) is 0 Å². The molecule has 3 rings (SSSR count). The Kier molecular flexibility index (Phi) is 8.41. The summed E-state index contributed by atoms with van der Waals surface area (Å²) in [7, 11) is 0. The highest BCUT2D eigenvalue weighted by atomic mass is 32.1. The maximum atomic E-state index is 13.9. The van der Waals surface area contributed by atoms with Gasteiger partial charge in [0.15, 0.2) is 10.7 Å². The van der Waals surface area contributed by atoms with Crippen LogP contribution in [0.15, 0.2) is 0 Å². The van der Waals surface area contributed by atoms with Crippen LogP contribution in [0, 0.1) is 29.1 Å². The molecule has 0 amide bonds. The van der Waals surface area contributed by atoms with Gasteiger partial charge < -0.3 is 10.1 Å². The second-order valence-corrected chi connectivity index (χ2v) is 8.63. The van der Waals surface area contributed by atoms with E-state index >= 15 is 0 Å². The number of rotatable bonds is 9. The van der Waals surface area contributed by atoms with Crippen LogP contribution in [0.4, 0.5) is 27.8 Å². The van der Waals surface area contributed by atoms with Gasteiger partial charge in [0.05, 0.1) is 6.54 Å². The smallest absolute Gasteiger partial charge is 0.357 e. The van der Waals surface area contributed by atoms with E-state index in [1.165, 1.54) is 0 Å². The van der Waals surface area contributed by atoms with Crippen LogP contribution in [0.3, 0.4) is 0 Å². The topological polar surface area (TPSA) is 54.5 Å². The third kappa shape index (κ3) is 5.55. The Morgan fingerprint density at radius 3 is 2.25 bits per heavy atom. The van der Waals surface area contributed by atoms with Gasteiger partial charge in [-0.25, -0.2) is 22.9 Å². The zero-order chi connectivity index (χ0) is 23.3. The summed E-state index contributed by atoms with van der Waals surface area (Å²) in [5, 5.41) is 3.61. The molecule has 0 radical (unpaired) electrons. The monoisotopic (exact) mass is 477 g/mol. The molecule has 1 aromatic carbocycles. The fraction of sp³-hybridized carbons (Fsp3) is 0.524. The fourth-order valence-electron chi connectivity index (χ4n) is 3.39. The summed E-state index contributed by atoms with van der Waals surface area (Å²) in [5.41, 5.74) is 0. The van der Waals surface area contributed by atoms with Gasteiger partial charge in [0.2, 0.25) is 34.8 Å². The second-order valence-electron chi connectivity index (χ2n) is 7.54. The van der Waals surface area contributed by atoms with Crippen molar-refractivity contribution in [3.8, 4) is 5.75 Å². The van der Waals surface area contributed by atoms with Crippen molar-refractivity contribution in [3.63, 3.8) is 0 Å². The van der Waals surface area contributed by atoms with Gasteiger partial charge in [-0.1, -0.05) is 26.2 Å². The number of esters is 1. The molecule has 1 fully saturated rings. The minimum Gasteiger partial charge on any atom is -0.416 e. The number of carbonyl (C=O) groups is 1. The summed E-state index contributed by atoms with van der Waals surface area (Å²) >= 11 is 0.971. The van der Waals surface area contributed by atoms with Gasteiger partial charge in [-0.3, -0.25) is 4.90 Å². The molecule has 1 aromatic heterocycles. The predicted molar refractivity (Wildman–Crippen MR) is 110 cm³/mol. The number of halogens is 5. The largest absolute Gasteiger partial charge is 0.416 e. The molecule has 11 heteroatoms. The lowest BCUT2D eigenvalue weighted by Gasteiger charge is -2.25. The number of likely N-dealkylation sites (tertiary alicyclic amines) is 1. The summed E-state index contributed by atoms with van der Waals surface area (Å²) in [5.74, 6) is -13.8. The van der Waals surface area contributed by atoms with Crippen LogP contribution >= 0.6 is 11.3 Å². The maximum Gasteiger partial charge on any atom is 0.357 e. The molecular weight excluding hydrogens is 453 g/mol. The molecular formula is C21H24F5N3O2S. The number of hydrogen-bond donors (Lipinski definition) is 1. The molecule has 32 heavy (non-hydrogen) atoms. The molecule has 176 valence electrons. The molecule has 1 aliphatic rings. The van der Waals surface area contributed by atoms with E-state index in [4.69, 9.17) is 0 Å². The van der Waals surface area contributed by atoms with Gasteiger partial charge in [-0.15, -0.1) is 11.3 Å². The van der Waals surface area contributed by atoms with Crippen molar-refractivity contribution in [3.05, 3.63) is 39.0 Å². The van der Waals surface area contributed by atoms with Gasteiger partial charge in [0, 0.05) is 6.54 Å². The van der Waals surface area contributed by atoms with E-state index < -0.39 is 40.8 Å². The average Bonchev–Trinajstić information content (AvgIpc) is 3.20. The summed E-state index contributed by atoms with van der Waals surface area (Å²) in [4.78, 5) is 19.2. The molecule has 0 atom stereocenters. The Labute approximate surface area is 186 Å². The number of benzene rings is 1. The van der Waals surface area contributed by atoms with E-state index in [9.17, 15) is 26.7 Å². The van der Waals surface area contributed by atoms with Crippen molar-refractivity contribution in [1.82, 2.24) is 9.88 Å². The number of carbonyl (C=O) groups excluding carboxylic acids is 1. The first kappa shape index (κ1) is 24.4. The minimum absolute atomic E-state index is 0.0857. The van der Waals surface area contributed by atoms with Crippen LogP contribution < -0.4 is 10.1 Å². The third-order valence-electron chi connectivity index (χ3n) is 5.10. The Bertz CT molecular complexity index is 934. The van der Waals surface area contributed by atoms with E-state index in [1.807, 2.05) is 6.92 Å². The Morgan fingerprint density at radius 1 is 1.00 bits per heavy atom. The van der Waals surface area contributed by atoms with E-state index in [-0.39, 0.29) is 10.7 Å². The van der Waals surface area contributed by atoms with Crippen molar-refractivity contribution in [2.75, 3.05) is 25.0 Å². The number of ether oxygens (including phenoxy) is 1. The molecule has 0 bridgehead atoms. The zero-order valence-corrected chi connectivity index (χ0v) is 18.4. The van der Waals surface area contributed by atoms with Gasteiger partial charge in [0.25, 0.3) is 0 Å². The van der Waals surface area contributed by atoms with Crippen LogP contribution in [0.1, 0.15) is 60.1 Å². The number of nitrogens with zero attached hydrogens (tertiary/aromatic N) is 2. The number of aromatic nitrogens is 1. The van der Waals surface area contributed by atoms with Gasteiger partial charge in [-0.05, 0) is 32.4 Å². The molecule has 1 aliphatic heterocycles.